The van der Waals surface area contributed by atoms with E-state index in [1.54, 1.807) is 0 Å². The van der Waals surface area contributed by atoms with Crippen molar-refractivity contribution in [2.45, 2.75) is 19.6 Å². The van der Waals surface area contributed by atoms with Crippen molar-refractivity contribution in [3.63, 3.8) is 0 Å². The molecule has 25 heavy (non-hydrogen) atoms. The summed E-state index contributed by atoms with van der Waals surface area (Å²) in [4.78, 5) is 40.7. The van der Waals surface area contributed by atoms with Crippen molar-refractivity contribution in [1.82, 2.24) is 15.2 Å². The number of urea groups is 1. The van der Waals surface area contributed by atoms with Gasteiger partial charge in [0.15, 0.2) is 6.10 Å². The van der Waals surface area contributed by atoms with Gasteiger partial charge in [-0.2, -0.15) is 0 Å². The SMILES string of the molecule is C[C@@H](OC(=O)COCc1nc2ccccc2s1)C(=O)N1CCNC1=O. The second kappa shape index (κ2) is 7.58. The van der Waals surface area contributed by atoms with Crippen molar-refractivity contribution < 1.29 is 23.9 Å². The number of nitrogens with one attached hydrogen (secondary N) is 1. The maximum absolute atomic E-state index is 12.0. The van der Waals surface area contributed by atoms with Crippen molar-refractivity contribution >= 4 is 39.5 Å². The molecule has 3 amide bonds. The molecule has 0 saturated carbocycles. The number of carbonyl (C=O) groups excluding carboxylic acids is 3. The number of thiazole rings is 1. The van der Waals surface area contributed by atoms with E-state index in [-0.39, 0.29) is 19.8 Å². The standard InChI is InChI=1S/C16H17N3O5S/c1-10(15(21)19-7-6-17-16(19)22)24-14(20)9-23-8-13-18-11-4-2-3-5-12(11)25-13/h2-5,10H,6-9H2,1H3,(H,17,22)/t10-/m1/s1. The van der Waals surface area contributed by atoms with Gasteiger partial charge >= 0.3 is 12.0 Å². The molecule has 1 saturated heterocycles. The number of fused-ring (bicyclic) bond motifs is 1. The van der Waals surface area contributed by atoms with Crippen LogP contribution in [-0.4, -0.2) is 53.6 Å². The summed E-state index contributed by atoms with van der Waals surface area (Å²) >= 11 is 1.49. The van der Waals surface area contributed by atoms with Gasteiger partial charge in [0, 0.05) is 13.1 Å². The fourth-order valence-electron chi connectivity index (χ4n) is 2.39. The zero-order valence-corrected chi connectivity index (χ0v) is 14.4. The Bertz CT molecular complexity index is 773. The molecule has 1 aromatic heterocycles. The van der Waals surface area contributed by atoms with Crippen LogP contribution < -0.4 is 5.32 Å². The van der Waals surface area contributed by atoms with Gasteiger partial charge in [0.1, 0.15) is 11.6 Å². The van der Waals surface area contributed by atoms with Crippen LogP contribution in [0.4, 0.5) is 4.79 Å². The molecule has 0 spiro atoms. The second-order valence-electron chi connectivity index (χ2n) is 5.42. The molecule has 1 fully saturated rings. The normalized spacial score (nSPS) is 15.2. The van der Waals surface area contributed by atoms with Crippen LogP contribution in [0.2, 0.25) is 0 Å². The third-order valence-electron chi connectivity index (χ3n) is 3.56. The number of benzene rings is 1. The first kappa shape index (κ1) is 17.3. The highest BCUT2D eigenvalue weighted by Gasteiger charge is 2.31. The number of ether oxygens (including phenoxy) is 2. The molecule has 0 bridgehead atoms. The second-order valence-corrected chi connectivity index (χ2v) is 6.54. The molecule has 132 valence electrons. The number of carbonyl (C=O) groups is 3. The average Bonchev–Trinajstić information content (AvgIpc) is 3.19. The number of para-hydroxylation sites is 1. The monoisotopic (exact) mass is 363 g/mol. The molecule has 2 heterocycles. The molecule has 0 aliphatic carbocycles. The van der Waals surface area contributed by atoms with Crippen molar-refractivity contribution in [1.29, 1.82) is 0 Å². The highest BCUT2D eigenvalue weighted by atomic mass is 32.1. The van der Waals surface area contributed by atoms with E-state index in [1.807, 2.05) is 24.3 Å². The minimum atomic E-state index is -1.04. The molecule has 1 N–H and O–H groups in total. The molecule has 0 radical (unpaired) electrons. The van der Waals surface area contributed by atoms with E-state index < -0.39 is 24.0 Å². The maximum atomic E-state index is 12.0. The van der Waals surface area contributed by atoms with Crippen LogP contribution in [0, 0.1) is 0 Å². The number of esters is 1. The lowest BCUT2D eigenvalue weighted by atomic mass is 10.3. The van der Waals surface area contributed by atoms with E-state index in [1.165, 1.54) is 18.3 Å². The summed E-state index contributed by atoms with van der Waals surface area (Å²) in [7, 11) is 0. The molecular formula is C16H17N3O5S. The number of amides is 3. The molecule has 2 aromatic rings. The van der Waals surface area contributed by atoms with Gasteiger partial charge in [-0.15, -0.1) is 11.3 Å². The Morgan fingerprint density at radius 2 is 2.20 bits per heavy atom. The van der Waals surface area contributed by atoms with E-state index in [9.17, 15) is 14.4 Å². The first-order chi connectivity index (χ1) is 12.0. The molecular weight excluding hydrogens is 346 g/mol. The number of aromatic nitrogens is 1. The fourth-order valence-corrected chi connectivity index (χ4v) is 3.29. The molecule has 0 unspecified atom stereocenters. The number of imide groups is 1. The lowest BCUT2D eigenvalue weighted by Gasteiger charge is -2.18. The van der Waals surface area contributed by atoms with Crippen LogP contribution in [0.1, 0.15) is 11.9 Å². The Morgan fingerprint density at radius 3 is 2.92 bits per heavy atom. The van der Waals surface area contributed by atoms with Gasteiger partial charge in [-0.05, 0) is 19.1 Å². The molecule has 1 atom stereocenters. The first-order valence-corrected chi connectivity index (χ1v) is 8.57. The lowest BCUT2D eigenvalue weighted by Crippen LogP contribution is -2.42. The zero-order chi connectivity index (χ0) is 17.8. The maximum Gasteiger partial charge on any atom is 0.332 e. The minimum absolute atomic E-state index is 0.186. The number of nitrogens with zero attached hydrogens (tertiary/aromatic N) is 2. The summed E-state index contributed by atoms with van der Waals surface area (Å²) in [5.74, 6) is -1.21. The third kappa shape index (κ3) is 4.12. The van der Waals surface area contributed by atoms with Crippen LogP contribution >= 0.6 is 11.3 Å². The van der Waals surface area contributed by atoms with Crippen LogP contribution in [0.15, 0.2) is 24.3 Å². The highest BCUT2D eigenvalue weighted by Crippen LogP contribution is 2.21. The van der Waals surface area contributed by atoms with E-state index in [0.717, 1.165) is 20.1 Å². The van der Waals surface area contributed by atoms with Crippen molar-refractivity contribution in [2.24, 2.45) is 0 Å². The molecule has 1 aliphatic rings. The van der Waals surface area contributed by atoms with E-state index in [2.05, 4.69) is 10.3 Å². The van der Waals surface area contributed by atoms with E-state index in [4.69, 9.17) is 9.47 Å². The van der Waals surface area contributed by atoms with Gasteiger partial charge in [0.05, 0.1) is 16.8 Å². The van der Waals surface area contributed by atoms with Gasteiger partial charge in [0.25, 0.3) is 5.91 Å². The summed E-state index contributed by atoms with van der Waals surface area (Å²) in [5, 5.41) is 3.27. The Labute approximate surface area is 147 Å². The van der Waals surface area contributed by atoms with E-state index in [0.29, 0.717) is 6.54 Å². The fraction of sp³-hybridized carbons (Fsp3) is 0.375. The summed E-state index contributed by atoms with van der Waals surface area (Å²) in [5.41, 5.74) is 0.886. The van der Waals surface area contributed by atoms with Crippen LogP contribution in [0.25, 0.3) is 10.2 Å². The van der Waals surface area contributed by atoms with Crippen molar-refractivity contribution in [3.05, 3.63) is 29.3 Å². The summed E-state index contributed by atoms with van der Waals surface area (Å²) in [6.07, 6.45) is -1.04. The average molecular weight is 363 g/mol. The molecule has 1 aliphatic heterocycles. The Kier molecular flexibility index (Phi) is 5.25. The Hall–Kier alpha value is -2.52. The van der Waals surface area contributed by atoms with Gasteiger partial charge in [-0.3, -0.25) is 9.69 Å². The molecule has 3 rings (SSSR count). The van der Waals surface area contributed by atoms with Crippen LogP contribution in [0.5, 0.6) is 0 Å². The minimum Gasteiger partial charge on any atom is -0.451 e. The van der Waals surface area contributed by atoms with Gasteiger partial charge in [0.2, 0.25) is 0 Å². The van der Waals surface area contributed by atoms with Gasteiger partial charge in [-0.25, -0.2) is 14.6 Å². The predicted octanol–water partition coefficient (Wildman–Crippen LogP) is 1.30. The summed E-state index contributed by atoms with van der Waals surface area (Å²) in [6, 6.07) is 7.24. The van der Waals surface area contributed by atoms with E-state index >= 15 is 0 Å². The van der Waals surface area contributed by atoms with Crippen LogP contribution in [0.3, 0.4) is 0 Å². The molecule has 9 heteroatoms. The number of rotatable bonds is 6. The highest BCUT2D eigenvalue weighted by molar-refractivity contribution is 7.18. The summed E-state index contributed by atoms with van der Waals surface area (Å²) in [6.45, 7) is 1.99. The Balaban J connectivity index is 1.44. The smallest absolute Gasteiger partial charge is 0.332 e. The summed E-state index contributed by atoms with van der Waals surface area (Å²) < 4.78 is 11.4. The largest absolute Gasteiger partial charge is 0.451 e. The Morgan fingerprint density at radius 1 is 1.40 bits per heavy atom. The number of hydrogen-bond acceptors (Lipinski definition) is 7. The van der Waals surface area contributed by atoms with Crippen LogP contribution in [-0.2, 0) is 25.7 Å². The first-order valence-electron chi connectivity index (χ1n) is 7.75. The van der Waals surface area contributed by atoms with Crippen molar-refractivity contribution in [3.8, 4) is 0 Å². The zero-order valence-electron chi connectivity index (χ0n) is 13.6. The topological polar surface area (TPSA) is 97.8 Å². The quantitative estimate of drug-likeness (QED) is 0.777. The lowest BCUT2D eigenvalue weighted by molar-refractivity contribution is -0.161. The predicted molar refractivity (Wildman–Crippen MR) is 89.9 cm³/mol. The number of hydrogen-bond donors (Lipinski definition) is 1. The molecule has 1 aromatic carbocycles. The third-order valence-corrected chi connectivity index (χ3v) is 4.57. The van der Waals surface area contributed by atoms with Gasteiger partial charge < -0.3 is 14.8 Å². The van der Waals surface area contributed by atoms with Gasteiger partial charge in [-0.1, -0.05) is 12.1 Å². The molecule has 8 nitrogen and oxygen atoms in total. The van der Waals surface area contributed by atoms with Crippen molar-refractivity contribution in [2.75, 3.05) is 19.7 Å².